The van der Waals surface area contributed by atoms with Gasteiger partial charge in [-0.3, -0.25) is 9.59 Å². The predicted molar refractivity (Wildman–Crippen MR) is 161 cm³/mol. The molecule has 11 heteroatoms. The summed E-state index contributed by atoms with van der Waals surface area (Å²) in [7, 11) is 0. The van der Waals surface area contributed by atoms with Crippen molar-refractivity contribution in [3.8, 4) is 12.3 Å². The third-order valence-electron chi connectivity index (χ3n) is 6.98. The van der Waals surface area contributed by atoms with Crippen molar-refractivity contribution in [3.63, 3.8) is 0 Å². The zero-order valence-electron chi connectivity index (χ0n) is 25.1. The fourth-order valence-corrected chi connectivity index (χ4v) is 4.88. The number of halogens is 5. The highest BCUT2D eigenvalue weighted by Gasteiger charge is 2.30. The third-order valence-corrected chi connectivity index (χ3v) is 6.98. The van der Waals surface area contributed by atoms with Crippen LogP contribution in [0.3, 0.4) is 0 Å². The summed E-state index contributed by atoms with van der Waals surface area (Å²) in [6.07, 6.45) is 1.03. The average Bonchev–Trinajstić information content (AvgIpc) is 2.99. The van der Waals surface area contributed by atoms with Gasteiger partial charge in [-0.1, -0.05) is 38.0 Å². The molecule has 240 valence electrons. The summed E-state index contributed by atoms with van der Waals surface area (Å²) in [6, 6.07) is 10.7. The van der Waals surface area contributed by atoms with Gasteiger partial charge < -0.3 is 20.6 Å². The topological polar surface area (TPSA) is 81.7 Å². The fourth-order valence-electron chi connectivity index (χ4n) is 4.88. The van der Waals surface area contributed by atoms with E-state index in [0.29, 0.717) is 24.7 Å². The minimum Gasteiger partial charge on any atom is -0.390 e. The van der Waals surface area contributed by atoms with Gasteiger partial charge in [0.05, 0.1) is 17.7 Å². The Labute approximate surface area is 259 Å². The van der Waals surface area contributed by atoms with Gasteiger partial charge in [-0.2, -0.15) is 13.2 Å². The number of aliphatic hydroxyl groups excluding tert-OH is 1. The van der Waals surface area contributed by atoms with Crippen LogP contribution in [0.15, 0.2) is 60.7 Å². The SMILES string of the molecule is C#Cc1cc(C(=O)N[C@@H](Cc2cc(F)cc(F)c2)[C@H](O)CNCc2cccc(C(F)(F)F)c2)cc(C(=O)N(CCC)CCC)c1. The van der Waals surface area contributed by atoms with Crippen LogP contribution in [-0.4, -0.2) is 53.6 Å². The van der Waals surface area contributed by atoms with Gasteiger partial charge in [0.1, 0.15) is 11.6 Å². The lowest BCUT2D eigenvalue weighted by Crippen LogP contribution is -2.48. The molecule has 0 heterocycles. The van der Waals surface area contributed by atoms with E-state index in [1.807, 2.05) is 13.8 Å². The minimum atomic E-state index is -4.52. The molecule has 0 spiro atoms. The number of nitrogens with one attached hydrogen (secondary N) is 2. The molecule has 2 atom stereocenters. The molecule has 0 fully saturated rings. The summed E-state index contributed by atoms with van der Waals surface area (Å²) in [5.74, 6) is -0.244. The Morgan fingerprint density at radius 2 is 1.58 bits per heavy atom. The van der Waals surface area contributed by atoms with Crippen molar-refractivity contribution in [1.82, 2.24) is 15.5 Å². The molecule has 0 unspecified atom stereocenters. The van der Waals surface area contributed by atoms with Gasteiger partial charge in [0.2, 0.25) is 0 Å². The van der Waals surface area contributed by atoms with Crippen molar-refractivity contribution >= 4 is 11.8 Å². The first kappa shape index (κ1) is 35.2. The number of aliphatic hydroxyl groups is 1. The monoisotopic (exact) mass is 629 g/mol. The highest BCUT2D eigenvalue weighted by atomic mass is 19.4. The molecule has 0 radical (unpaired) electrons. The quantitative estimate of drug-likeness (QED) is 0.158. The second-order valence-corrected chi connectivity index (χ2v) is 10.7. The maximum atomic E-state index is 14.0. The second-order valence-electron chi connectivity index (χ2n) is 10.7. The van der Waals surface area contributed by atoms with Crippen LogP contribution in [0.2, 0.25) is 0 Å². The number of hydrogen-bond donors (Lipinski definition) is 3. The largest absolute Gasteiger partial charge is 0.416 e. The van der Waals surface area contributed by atoms with Crippen molar-refractivity contribution in [3.05, 3.63) is 106 Å². The van der Waals surface area contributed by atoms with Gasteiger partial charge >= 0.3 is 6.18 Å². The number of terminal acetylenes is 1. The van der Waals surface area contributed by atoms with E-state index in [1.54, 1.807) is 4.90 Å². The van der Waals surface area contributed by atoms with Crippen molar-refractivity contribution in [2.24, 2.45) is 0 Å². The Balaban J connectivity index is 1.84. The smallest absolute Gasteiger partial charge is 0.390 e. The zero-order valence-corrected chi connectivity index (χ0v) is 25.1. The molecule has 3 rings (SSSR count). The lowest BCUT2D eigenvalue weighted by molar-refractivity contribution is -0.137. The maximum absolute atomic E-state index is 14.0. The predicted octanol–water partition coefficient (Wildman–Crippen LogP) is 5.72. The number of alkyl halides is 3. The number of amides is 2. The van der Waals surface area contributed by atoms with Crippen LogP contribution in [0, 0.1) is 24.0 Å². The highest BCUT2D eigenvalue weighted by molar-refractivity contribution is 6.00. The maximum Gasteiger partial charge on any atom is 0.416 e. The van der Waals surface area contributed by atoms with E-state index in [2.05, 4.69) is 16.6 Å². The number of benzene rings is 3. The molecule has 3 aromatic carbocycles. The first-order chi connectivity index (χ1) is 21.3. The lowest BCUT2D eigenvalue weighted by atomic mass is 9.99. The highest BCUT2D eigenvalue weighted by Crippen LogP contribution is 2.29. The summed E-state index contributed by atoms with van der Waals surface area (Å²) in [5, 5.41) is 16.6. The van der Waals surface area contributed by atoms with Gasteiger partial charge in [-0.25, -0.2) is 8.78 Å². The molecule has 45 heavy (non-hydrogen) atoms. The number of carbonyl (C=O) groups is 2. The lowest BCUT2D eigenvalue weighted by Gasteiger charge is -2.25. The van der Waals surface area contributed by atoms with Crippen molar-refractivity contribution < 1.29 is 36.6 Å². The molecule has 0 aliphatic heterocycles. The normalized spacial score (nSPS) is 12.7. The molecule has 0 bridgehead atoms. The summed E-state index contributed by atoms with van der Waals surface area (Å²) in [6.45, 7) is 4.70. The van der Waals surface area contributed by atoms with E-state index in [-0.39, 0.29) is 47.7 Å². The van der Waals surface area contributed by atoms with Gasteiger partial charge in [0.25, 0.3) is 11.8 Å². The number of hydrogen-bond acceptors (Lipinski definition) is 4. The number of carbonyl (C=O) groups excluding carboxylic acids is 2. The molecule has 0 aliphatic rings. The average molecular weight is 630 g/mol. The first-order valence-corrected chi connectivity index (χ1v) is 14.6. The molecule has 2 amide bonds. The number of rotatable bonds is 14. The van der Waals surface area contributed by atoms with Crippen LogP contribution in [0.4, 0.5) is 22.0 Å². The van der Waals surface area contributed by atoms with Crippen LogP contribution in [0.5, 0.6) is 0 Å². The van der Waals surface area contributed by atoms with E-state index in [0.717, 1.165) is 37.1 Å². The third kappa shape index (κ3) is 10.4. The molecule has 0 saturated heterocycles. The van der Waals surface area contributed by atoms with Crippen LogP contribution in [0.25, 0.3) is 0 Å². The molecule has 0 saturated carbocycles. The van der Waals surface area contributed by atoms with Gasteiger partial charge in [0.15, 0.2) is 0 Å². The van der Waals surface area contributed by atoms with Crippen LogP contribution in [-0.2, 0) is 19.1 Å². The Hall–Kier alpha value is -4.27. The Bertz CT molecular complexity index is 1490. The van der Waals surface area contributed by atoms with Crippen LogP contribution in [0.1, 0.15) is 69.7 Å². The van der Waals surface area contributed by atoms with E-state index in [1.165, 1.54) is 30.3 Å². The zero-order chi connectivity index (χ0) is 33.1. The van der Waals surface area contributed by atoms with E-state index in [4.69, 9.17) is 6.42 Å². The number of nitrogens with zero attached hydrogens (tertiary/aromatic N) is 1. The van der Waals surface area contributed by atoms with Crippen molar-refractivity contribution in [2.75, 3.05) is 19.6 Å². The van der Waals surface area contributed by atoms with Crippen molar-refractivity contribution in [2.45, 2.75) is 58.0 Å². The second kappa shape index (κ2) is 16.2. The first-order valence-electron chi connectivity index (χ1n) is 14.6. The Morgan fingerprint density at radius 3 is 2.18 bits per heavy atom. The standard InChI is InChI=1S/C34H36F5N3O3/c1-4-10-42(11-5-2)33(45)26-13-22(6-3)12-25(18-26)32(44)41-30(17-24-15-28(35)19-29(36)16-24)31(43)21-40-20-23-8-7-9-27(14-23)34(37,38)39/h3,7-9,12-16,18-19,30-31,40,43H,4-5,10-11,17,20-21H2,1-2H3,(H,41,44)/t30-,31+/m0/s1. The molecule has 3 N–H and O–H groups in total. The Kier molecular flexibility index (Phi) is 12.6. The van der Waals surface area contributed by atoms with Gasteiger partial charge in [-0.05, 0) is 66.8 Å². The molecule has 6 nitrogen and oxygen atoms in total. The van der Waals surface area contributed by atoms with E-state index >= 15 is 0 Å². The summed E-state index contributed by atoms with van der Waals surface area (Å²) in [4.78, 5) is 28.4. The van der Waals surface area contributed by atoms with Gasteiger partial charge in [-0.15, -0.1) is 6.42 Å². The summed E-state index contributed by atoms with van der Waals surface area (Å²) in [5.41, 5.74) is 0.183. The van der Waals surface area contributed by atoms with Crippen molar-refractivity contribution in [1.29, 1.82) is 0 Å². The molecule has 0 aromatic heterocycles. The molecular weight excluding hydrogens is 593 g/mol. The molecular formula is C34H36F5N3O3. The molecule has 0 aliphatic carbocycles. The summed E-state index contributed by atoms with van der Waals surface area (Å²) >= 11 is 0. The molecule has 3 aromatic rings. The van der Waals surface area contributed by atoms with Gasteiger partial charge in [0, 0.05) is 48.9 Å². The Morgan fingerprint density at radius 1 is 0.933 bits per heavy atom. The fraction of sp³-hybridized carbons (Fsp3) is 0.353. The van der Waals surface area contributed by atoms with E-state index < -0.39 is 41.4 Å². The van der Waals surface area contributed by atoms with Crippen LogP contribution >= 0.6 is 0 Å². The summed E-state index contributed by atoms with van der Waals surface area (Å²) < 4.78 is 67.2. The van der Waals surface area contributed by atoms with Crippen LogP contribution < -0.4 is 10.6 Å². The minimum absolute atomic E-state index is 0.0298. The van der Waals surface area contributed by atoms with E-state index in [9.17, 15) is 36.6 Å².